The molecule has 0 N–H and O–H groups in total. The minimum atomic E-state index is 0.132. The lowest BCUT2D eigenvalue weighted by atomic mass is 10.1. The Balaban J connectivity index is 2.64. The van der Waals surface area contributed by atoms with Crippen LogP contribution in [0.25, 0.3) is 10.8 Å². The van der Waals surface area contributed by atoms with Crippen LogP contribution in [0.15, 0.2) is 24.4 Å². The van der Waals surface area contributed by atoms with Gasteiger partial charge in [0, 0.05) is 19.9 Å². The summed E-state index contributed by atoms with van der Waals surface area (Å²) >= 11 is 0. The van der Waals surface area contributed by atoms with Crippen LogP contribution in [-0.2, 0) is 11.3 Å². The number of aromatic nitrogens is 1. The zero-order valence-electron chi connectivity index (χ0n) is 11.7. The van der Waals surface area contributed by atoms with Crippen LogP contribution >= 0.6 is 0 Å². The van der Waals surface area contributed by atoms with E-state index in [9.17, 15) is 4.79 Å². The molecule has 4 nitrogen and oxygen atoms in total. The number of rotatable bonds is 4. The van der Waals surface area contributed by atoms with Gasteiger partial charge in [-0.25, -0.2) is 0 Å². The average Bonchev–Trinajstić information content (AvgIpc) is 2.40. The van der Waals surface area contributed by atoms with Gasteiger partial charge in [-0.2, -0.15) is 4.57 Å². The molecule has 0 saturated heterocycles. The van der Waals surface area contributed by atoms with Crippen molar-refractivity contribution in [3.05, 3.63) is 30.1 Å². The van der Waals surface area contributed by atoms with Crippen LogP contribution in [0.5, 0.6) is 11.5 Å². The van der Waals surface area contributed by atoms with E-state index in [1.807, 2.05) is 35.9 Å². The highest BCUT2D eigenvalue weighted by Crippen LogP contribution is 2.32. The van der Waals surface area contributed by atoms with Gasteiger partial charge < -0.3 is 9.47 Å². The summed E-state index contributed by atoms with van der Waals surface area (Å²) in [6.07, 6.45) is 1.92. The molecule has 2 rings (SSSR count). The van der Waals surface area contributed by atoms with Crippen LogP contribution < -0.4 is 14.0 Å². The second-order valence-corrected chi connectivity index (χ2v) is 4.53. The predicted molar refractivity (Wildman–Crippen MR) is 72.7 cm³/mol. The van der Waals surface area contributed by atoms with Crippen molar-refractivity contribution in [3.63, 3.8) is 0 Å². The van der Waals surface area contributed by atoms with E-state index < -0.39 is 0 Å². The molecule has 0 amide bonds. The van der Waals surface area contributed by atoms with Gasteiger partial charge in [-0.05, 0) is 17.5 Å². The van der Waals surface area contributed by atoms with Crippen molar-refractivity contribution >= 4 is 16.6 Å². The number of aryl methyl sites for hydroxylation is 1. The molecule has 0 radical (unpaired) electrons. The Bertz CT molecular complexity index is 635. The summed E-state index contributed by atoms with van der Waals surface area (Å²) < 4.78 is 12.6. The van der Waals surface area contributed by atoms with E-state index in [1.165, 1.54) is 0 Å². The van der Waals surface area contributed by atoms with Gasteiger partial charge in [0.05, 0.1) is 19.6 Å². The van der Waals surface area contributed by atoms with E-state index in [1.54, 1.807) is 21.1 Å². The maximum atomic E-state index is 11.3. The Labute approximate surface area is 112 Å². The Morgan fingerprint density at radius 2 is 1.84 bits per heavy atom. The summed E-state index contributed by atoms with van der Waals surface area (Å²) in [5.74, 6) is 1.53. The molecule has 0 aliphatic rings. The van der Waals surface area contributed by atoms with Gasteiger partial charge >= 0.3 is 0 Å². The standard InChI is InChI=1S/C15H18NO3/c1-10(17)9-16-6-5-12-7-14(18-3)15(19-4)8-13(12)11(16)2/h5-8H,9H2,1-4H3/q+1. The van der Waals surface area contributed by atoms with Crippen LogP contribution in [-0.4, -0.2) is 20.0 Å². The maximum Gasteiger partial charge on any atom is 0.206 e. The number of ketones is 1. The number of ether oxygens (including phenoxy) is 2. The van der Waals surface area contributed by atoms with Crippen molar-refractivity contribution in [2.45, 2.75) is 20.4 Å². The SMILES string of the molecule is COc1cc2cc[n+](CC(C)=O)c(C)c2cc1OC. The third-order valence-electron chi connectivity index (χ3n) is 3.20. The minimum absolute atomic E-state index is 0.132. The average molecular weight is 260 g/mol. The first kappa shape index (κ1) is 13.3. The summed E-state index contributed by atoms with van der Waals surface area (Å²) in [6, 6.07) is 5.87. The lowest BCUT2D eigenvalue weighted by molar-refractivity contribution is -0.688. The zero-order chi connectivity index (χ0) is 14.0. The summed E-state index contributed by atoms with van der Waals surface area (Å²) in [4.78, 5) is 11.3. The van der Waals surface area contributed by atoms with Crippen molar-refractivity contribution < 1.29 is 18.8 Å². The lowest BCUT2D eigenvalue weighted by Gasteiger charge is -2.10. The molecule has 0 spiro atoms. The van der Waals surface area contributed by atoms with Gasteiger partial charge in [-0.3, -0.25) is 4.79 Å². The number of carbonyl (C=O) groups excluding carboxylic acids is 1. The van der Waals surface area contributed by atoms with Crippen LogP contribution in [0.3, 0.4) is 0 Å². The number of benzene rings is 1. The molecule has 4 heteroatoms. The molecule has 100 valence electrons. The topological polar surface area (TPSA) is 39.4 Å². The fraction of sp³-hybridized carbons (Fsp3) is 0.333. The van der Waals surface area contributed by atoms with Crippen LogP contribution in [0.2, 0.25) is 0 Å². The molecule has 1 heterocycles. The second kappa shape index (κ2) is 5.26. The number of Topliss-reactive ketones (excluding diaryl/α,β-unsaturated/α-hetero) is 1. The number of nitrogens with zero attached hydrogens (tertiary/aromatic N) is 1. The summed E-state index contributed by atoms with van der Waals surface area (Å²) in [7, 11) is 3.24. The van der Waals surface area contributed by atoms with E-state index in [-0.39, 0.29) is 5.78 Å². The lowest BCUT2D eigenvalue weighted by Crippen LogP contribution is -2.39. The molecule has 1 aromatic heterocycles. The minimum Gasteiger partial charge on any atom is -0.493 e. The first-order valence-electron chi connectivity index (χ1n) is 6.11. The summed E-state index contributed by atoms with van der Waals surface area (Å²) in [5, 5.41) is 2.12. The van der Waals surface area contributed by atoms with Crippen LogP contribution in [0, 0.1) is 6.92 Å². The first-order valence-corrected chi connectivity index (χ1v) is 6.11. The van der Waals surface area contributed by atoms with E-state index in [4.69, 9.17) is 9.47 Å². The van der Waals surface area contributed by atoms with Crippen molar-refractivity contribution in [1.82, 2.24) is 0 Å². The normalized spacial score (nSPS) is 10.5. The Morgan fingerprint density at radius 3 is 2.42 bits per heavy atom. The quantitative estimate of drug-likeness (QED) is 0.790. The Morgan fingerprint density at radius 1 is 1.21 bits per heavy atom. The van der Waals surface area contributed by atoms with E-state index in [0.29, 0.717) is 18.0 Å². The zero-order valence-corrected chi connectivity index (χ0v) is 11.7. The monoisotopic (exact) mass is 260 g/mol. The summed E-state index contributed by atoms with van der Waals surface area (Å²) in [5.41, 5.74) is 1.04. The number of hydrogen-bond donors (Lipinski definition) is 0. The molecule has 19 heavy (non-hydrogen) atoms. The number of pyridine rings is 1. The number of methoxy groups -OCH3 is 2. The fourth-order valence-corrected chi connectivity index (χ4v) is 2.19. The van der Waals surface area contributed by atoms with Crippen molar-refractivity contribution in [3.8, 4) is 11.5 Å². The molecule has 0 fully saturated rings. The van der Waals surface area contributed by atoms with Crippen molar-refractivity contribution in [1.29, 1.82) is 0 Å². The van der Waals surface area contributed by atoms with E-state index in [2.05, 4.69) is 0 Å². The predicted octanol–water partition coefficient (Wildman–Crippen LogP) is 2.04. The molecular formula is C15H18NO3+. The second-order valence-electron chi connectivity index (χ2n) is 4.53. The van der Waals surface area contributed by atoms with Crippen molar-refractivity contribution in [2.24, 2.45) is 0 Å². The molecule has 0 saturated carbocycles. The molecule has 0 aliphatic heterocycles. The van der Waals surface area contributed by atoms with Gasteiger partial charge in [0.1, 0.15) is 0 Å². The Kier molecular flexibility index (Phi) is 3.69. The van der Waals surface area contributed by atoms with Gasteiger partial charge in [-0.15, -0.1) is 0 Å². The molecule has 0 unspecified atom stereocenters. The highest BCUT2D eigenvalue weighted by molar-refractivity contribution is 5.87. The van der Waals surface area contributed by atoms with Gasteiger partial charge in [-0.1, -0.05) is 0 Å². The van der Waals surface area contributed by atoms with Crippen molar-refractivity contribution in [2.75, 3.05) is 14.2 Å². The highest BCUT2D eigenvalue weighted by Gasteiger charge is 2.15. The number of carbonyl (C=O) groups is 1. The first-order chi connectivity index (χ1) is 9.06. The van der Waals surface area contributed by atoms with E-state index >= 15 is 0 Å². The molecule has 2 aromatic rings. The molecular weight excluding hydrogens is 242 g/mol. The molecule has 0 aliphatic carbocycles. The maximum absolute atomic E-state index is 11.3. The van der Waals surface area contributed by atoms with E-state index in [0.717, 1.165) is 16.5 Å². The largest absolute Gasteiger partial charge is 0.493 e. The molecule has 0 bridgehead atoms. The number of hydrogen-bond acceptors (Lipinski definition) is 3. The van der Waals surface area contributed by atoms with Crippen LogP contribution in [0.4, 0.5) is 0 Å². The third-order valence-corrected chi connectivity index (χ3v) is 3.20. The third kappa shape index (κ3) is 2.52. The fourth-order valence-electron chi connectivity index (χ4n) is 2.19. The van der Waals surface area contributed by atoms with Gasteiger partial charge in [0.15, 0.2) is 29.2 Å². The summed E-state index contributed by atoms with van der Waals surface area (Å²) in [6.45, 7) is 3.97. The molecule has 0 atom stereocenters. The highest BCUT2D eigenvalue weighted by atomic mass is 16.5. The van der Waals surface area contributed by atoms with Gasteiger partial charge in [0.25, 0.3) is 0 Å². The van der Waals surface area contributed by atoms with Gasteiger partial charge in [0.2, 0.25) is 6.54 Å². The molecule has 1 aromatic carbocycles. The smallest absolute Gasteiger partial charge is 0.206 e. The number of fused-ring (bicyclic) bond motifs is 1. The Hall–Kier alpha value is -2.10. The van der Waals surface area contributed by atoms with Crippen LogP contribution in [0.1, 0.15) is 12.6 Å².